The number of nitrogens with one attached hydrogen (secondary N) is 3. The number of hydrogen-bond donors (Lipinski definition) is 9. The number of amides is 4. The van der Waals surface area contributed by atoms with Crippen LogP contribution in [0.3, 0.4) is 0 Å². The van der Waals surface area contributed by atoms with Crippen LogP contribution in [0.4, 0.5) is 0 Å². The minimum absolute atomic E-state index is 0.0719. The highest BCUT2D eigenvalue weighted by molar-refractivity contribution is 5.95. The Balaban J connectivity index is 5.58. The van der Waals surface area contributed by atoms with Crippen molar-refractivity contribution in [1.82, 2.24) is 16.0 Å². The second-order valence-electron chi connectivity index (χ2n) is 7.36. The van der Waals surface area contributed by atoms with E-state index < -0.39 is 66.2 Å². The monoisotopic (exact) mass is 488 g/mol. The van der Waals surface area contributed by atoms with Crippen molar-refractivity contribution >= 4 is 41.5 Å². The predicted molar refractivity (Wildman–Crippen MR) is 118 cm³/mol. The zero-order valence-electron chi connectivity index (χ0n) is 18.7. The minimum atomic E-state index is -1.56. The normalized spacial score (nSPS) is 13.9. The van der Waals surface area contributed by atoms with E-state index in [-0.39, 0.29) is 38.2 Å². The number of aliphatic carboxylic acids is 2. The number of nitrogens with two attached hydrogens (primary N) is 4. The van der Waals surface area contributed by atoms with Crippen molar-refractivity contribution in [3.05, 3.63) is 0 Å². The Morgan fingerprint density at radius 2 is 1.35 bits per heavy atom. The number of aliphatic imine (C=N–C) groups is 1. The predicted octanol–water partition coefficient (Wildman–Crippen LogP) is -4.33. The van der Waals surface area contributed by atoms with Crippen LogP contribution in [0.5, 0.6) is 0 Å². The van der Waals surface area contributed by atoms with E-state index in [4.69, 9.17) is 28.0 Å². The lowest BCUT2D eigenvalue weighted by Gasteiger charge is -2.24. The summed E-state index contributed by atoms with van der Waals surface area (Å²) in [7, 11) is 0. The molecule has 0 bridgehead atoms. The molecule has 192 valence electrons. The van der Waals surface area contributed by atoms with Crippen LogP contribution in [0.25, 0.3) is 0 Å². The lowest BCUT2D eigenvalue weighted by atomic mass is 10.1. The van der Waals surface area contributed by atoms with Gasteiger partial charge in [-0.15, -0.1) is 0 Å². The van der Waals surface area contributed by atoms with Crippen LogP contribution >= 0.6 is 0 Å². The summed E-state index contributed by atoms with van der Waals surface area (Å²) >= 11 is 0. The SMILES string of the molecule is CC(N)C(=O)NC(CC(=O)O)C(=O)NC(CCCN=C(N)N)C(=O)NC(CCC(N)=O)C(=O)O. The third kappa shape index (κ3) is 12.8. The van der Waals surface area contributed by atoms with Crippen molar-refractivity contribution in [3.8, 4) is 0 Å². The first-order valence-corrected chi connectivity index (χ1v) is 10.2. The molecule has 0 fully saturated rings. The van der Waals surface area contributed by atoms with Gasteiger partial charge in [0.25, 0.3) is 0 Å². The maximum atomic E-state index is 12.7. The topological polar surface area (TPSA) is 295 Å². The summed E-state index contributed by atoms with van der Waals surface area (Å²) in [6.45, 7) is 1.40. The molecule has 0 saturated heterocycles. The quantitative estimate of drug-likeness (QED) is 0.0568. The molecule has 0 aromatic carbocycles. The molecule has 4 unspecified atom stereocenters. The Morgan fingerprint density at radius 3 is 1.82 bits per heavy atom. The van der Waals surface area contributed by atoms with Crippen LogP contribution in [0.2, 0.25) is 0 Å². The van der Waals surface area contributed by atoms with Gasteiger partial charge in [-0.1, -0.05) is 0 Å². The summed E-state index contributed by atoms with van der Waals surface area (Å²) in [5.41, 5.74) is 20.9. The van der Waals surface area contributed by atoms with Crippen LogP contribution in [0.15, 0.2) is 4.99 Å². The first kappa shape index (κ1) is 30.1. The number of nitrogens with zero attached hydrogens (tertiary/aromatic N) is 1. The van der Waals surface area contributed by atoms with E-state index in [2.05, 4.69) is 20.9 Å². The van der Waals surface area contributed by atoms with Gasteiger partial charge in [-0.3, -0.25) is 29.0 Å². The number of carboxylic acids is 2. The van der Waals surface area contributed by atoms with Gasteiger partial charge in [0.2, 0.25) is 23.6 Å². The third-order valence-corrected chi connectivity index (χ3v) is 4.30. The van der Waals surface area contributed by atoms with E-state index in [1.807, 2.05) is 0 Å². The molecule has 16 heteroatoms. The Hall–Kier alpha value is -3.95. The van der Waals surface area contributed by atoms with Gasteiger partial charge in [-0.2, -0.15) is 0 Å². The van der Waals surface area contributed by atoms with E-state index in [9.17, 15) is 33.9 Å². The van der Waals surface area contributed by atoms with Crippen LogP contribution in [0, 0.1) is 0 Å². The van der Waals surface area contributed by atoms with Crippen molar-refractivity contribution in [2.24, 2.45) is 27.9 Å². The summed E-state index contributed by atoms with van der Waals surface area (Å²) in [5.74, 6) is -6.56. The van der Waals surface area contributed by atoms with Gasteiger partial charge in [0.1, 0.15) is 18.1 Å². The largest absolute Gasteiger partial charge is 0.481 e. The summed E-state index contributed by atoms with van der Waals surface area (Å²) < 4.78 is 0. The van der Waals surface area contributed by atoms with Crippen molar-refractivity contribution in [2.45, 2.75) is 63.2 Å². The number of carboxylic acid groups (broad SMARTS) is 2. The molecule has 0 heterocycles. The number of primary amides is 1. The summed E-state index contributed by atoms with van der Waals surface area (Å²) in [6, 6.07) is -5.43. The van der Waals surface area contributed by atoms with Crippen molar-refractivity contribution in [2.75, 3.05) is 6.54 Å². The number of carbonyl (C=O) groups excluding carboxylic acids is 4. The molecule has 16 nitrogen and oxygen atoms in total. The van der Waals surface area contributed by atoms with Crippen molar-refractivity contribution in [1.29, 1.82) is 0 Å². The number of guanidine groups is 1. The molecular weight excluding hydrogens is 456 g/mol. The molecule has 0 radical (unpaired) electrons. The molecule has 0 aliphatic heterocycles. The van der Waals surface area contributed by atoms with Gasteiger partial charge in [-0.05, 0) is 26.2 Å². The fourth-order valence-electron chi connectivity index (χ4n) is 2.55. The van der Waals surface area contributed by atoms with E-state index >= 15 is 0 Å². The van der Waals surface area contributed by atoms with Gasteiger partial charge >= 0.3 is 11.9 Å². The smallest absolute Gasteiger partial charge is 0.326 e. The van der Waals surface area contributed by atoms with Crippen LogP contribution < -0.4 is 38.9 Å². The summed E-state index contributed by atoms with van der Waals surface area (Å²) in [4.78, 5) is 74.5. The van der Waals surface area contributed by atoms with Gasteiger partial charge in [-0.25, -0.2) is 4.79 Å². The maximum absolute atomic E-state index is 12.7. The molecule has 0 aliphatic rings. The standard InChI is InChI=1S/C18H32N8O8/c1-8(19)14(30)26-11(7-13(28)29)16(32)24-9(3-2-6-23-18(21)22)15(31)25-10(17(33)34)4-5-12(20)27/h8-11H,2-7,19H2,1H3,(H2,20,27)(H,24,32)(H,25,31)(H,26,30)(H,28,29)(H,33,34)(H4,21,22,23). The van der Waals surface area contributed by atoms with Gasteiger partial charge in [0, 0.05) is 13.0 Å². The highest BCUT2D eigenvalue weighted by atomic mass is 16.4. The highest BCUT2D eigenvalue weighted by Gasteiger charge is 2.31. The molecule has 0 aliphatic carbocycles. The molecular formula is C18H32N8O8. The fourth-order valence-corrected chi connectivity index (χ4v) is 2.55. The Bertz CT molecular complexity index is 797. The average Bonchev–Trinajstić information content (AvgIpc) is 2.71. The van der Waals surface area contributed by atoms with E-state index in [1.165, 1.54) is 6.92 Å². The highest BCUT2D eigenvalue weighted by Crippen LogP contribution is 2.05. The summed E-state index contributed by atoms with van der Waals surface area (Å²) in [6.07, 6.45) is -1.31. The second kappa shape index (κ2) is 15.0. The van der Waals surface area contributed by atoms with E-state index in [1.54, 1.807) is 0 Å². The molecule has 0 spiro atoms. The lowest BCUT2D eigenvalue weighted by Crippen LogP contribution is -2.57. The van der Waals surface area contributed by atoms with Gasteiger partial charge < -0.3 is 49.1 Å². The molecule has 0 saturated carbocycles. The maximum Gasteiger partial charge on any atom is 0.326 e. The Morgan fingerprint density at radius 1 is 0.824 bits per heavy atom. The van der Waals surface area contributed by atoms with Gasteiger partial charge in [0.05, 0.1) is 12.5 Å². The minimum Gasteiger partial charge on any atom is -0.481 e. The second-order valence-corrected chi connectivity index (χ2v) is 7.36. The molecule has 0 aromatic rings. The number of carbonyl (C=O) groups is 6. The van der Waals surface area contributed by atoms with Crippen LogP contribution in [-0.4, -0.2) is 82.5 Å². The van der Waals surface area contributed by atoms with Crippen molar-refractivity contribution in [3.63, 3.8) is 0 Å². The molecule has 4 atom stereocenters. The zero-order chi connectivity index (χ0) is 26.4. The Labute approximate surface area is 194 Å². The molecule has 4 amide bonds. The van der Waals surface area contributed by atoms with Crippen LogP contribution in [-0.2, 0) is 28.8 Å². The third-order valence-electron chi connectivity index (χ3n) is 4.30. The molecule has 13 N–H and O–H groups in total. The van der Waals surface area contributed by atoms with Gasteiger partial charge in [0.15, 0.2) is 5.96 Å². The van der Waals surface area contributed by atoms with E-state index in [0.29, 0.717) is 0 Å². The first-order valence-electron chi connectivity index (χ1n) is 10.2. The van der Waals surface area contributed by atoms with Crippen LogP contribution in [0.1, 0.15) is 39.0 Å². The molecule has 0 aromatic heterocycles. The molecule has 0 rings (SSSR count). The summed E-state index contributed by atoms with van der Waals surface area (Å²) in [5, 5.41) is 25.0. The van der Waals surface area contributed by atoms with E-state index in [0.717, 1.165) is 0 Å². The average molecular weight is 489 g/mol. The van der Waals surface area contributed by atoms with Crippen molar-refractivity contribution < 1.29 is 39.0 Å². The first-order chi connectivity index (χ1) is 15.7. The fraction of sp³-hybridized carbons (Fsp3) is 0.611. The molecule has 34 heavy (non-hydrogen) atoms. The lowest BCUT2D eigenvalue weighted by molar-refractivity contribution is -0.143. The zero-order valence-corrected chi connectivity index (χ0v) is 18.7. The number of rotatable bonds is 16. The Kier molecular flexibility index (Phi) is 13.2. The number of hydrogen-bond acceptors (Lipinski definition) is 8.